The summed E-state index contributed by atoms with van der Waals surface area (Å²) in [6.07, 6.45) is 1.72. The van der Waals surface area contributed by atoms with Crippen LogP contribution in [0.25, 0.3) is 0 Å². The zero-order chi connectivity index (χ0) is 15.6. The van der Waals surface area contributed by atoms with Crippen LogP contribution in [-0.4, -0.2) is 50.6 Å². The van der Waals surface area contributed by atoms with Gasteiger partial charge in [-0.05, 0) is 47.1 Å². The van der Waals surface area contributed by atoms with Crippen LogP contribution in [0.3, 0.4) is 0 Å². The molecule has 0 amide bonds. The summed E-state index contributed by atoms with van der Waals surface area (Å²) in [5.74, 6) is -0.264. The van der Waals surface area contributed by atoms with Gasteiger partial charge in [-0.15, -0.1) is 0 Å². The van der Waals surface area contributed by atoms with Crippen LogP contribution in [0.4, 0.5) is 0 Å². The predicted molar refractivity (Wildman–Crippen MR) is 79.9 cm³/mol. The second kappa shape index (κ2) is 9.32. The highest BCUT2D eigenvalue weighted by atomic mass is 16.5. The molecule has 0 aliphatic carbocycles. The average molecular weight is 289 g/mol. The van der Waals surface area contributed by atoms with Crippen molar-refractivity contribution in [1.82, 2.24) is 5.32 Å². The van der Waals surface area contributed by atoms with E-state index in [0.717, 1.165) is 19.4 Å². The van der Waals surface area contributed by atoms with Crippen molar-refractivity contribution in [3.05, 3.63) is 0 Å². The molecule has 1 N–H and O–H groups in total. The molecule has 0 rings (SSSR count). The van der Waals surface area contributed by atoms with Crippen LogP contribution < -0.4 is 5.32 Å². The summed E-state index contributed by atoms with van der Waals surface area (Å²) < 4.78 is 16.1. The molecule has 0 aliphatic rings. The maximum atomic E-state index is 12.0. The van der Waals surface area contributed by atoms with Gasteiger partial charge in [0.1, 0.15) is 5.54 Å². The number of hydrogen-bond acceptors (Lipinski definition) is 5. The van der Waals surface area contributed by atoms with E-state index in [0.29, 0.717) is 19.8 Å². The number of nitrogens with one attached hydrogen (secondary N) is 1. The minimum atomic E-state index is -0.788. The van der Waals surface area contributed by atoms with Crippen molar-refractivity contribution in [3.63, 3.8) is 0 Å². The molecule has 0 fully saturated rings. The lowest BCUT2D eigenvalue weighted by Crippen LogP contribution is -2.54. The Bertz CT molecular complexity index is 281. The molecule has 120 valence electrons. The van der Waals surface area contributed by atoms with Crippen molar-refractivity contribution in [2.75, 3.05) is 33.5 Å². The maximum Gasteiger partial charge on any atom is 0.328 e. The summed E-state index contributed by atoms with van der Waals surface area (Å²) in [5.41, 5.74) is -1.000. The van der Waals surface area contributed by atoms with Crippen molar-refractivity contribution in [2.45, 2.75) is 58.6 Å². The second-order valence-corrected chi connectivity index (χ2v) is 5.75. The van der Waals surface area contributed by atoms with Gasteiger partial charge in [-0.1, -0.05) is 6.92 Å². The molecule has 20 heavy (non-hydrogen) atoms. The van der Waals surface area contributed by atoms with Crippen molar-refractivity contribution in [2.24, 2.45) is 0 Å². The van der Waals surface area contributed by atoms with Crippen molar-refractivity contribution in [3.8, 4) is 0 Å². The standard InChI is InChI=1S/C15H31NO4/c1-7-10-16-15(5,13(17)20-8-2)12-19-11-9-14(3,4)18-6/h16H,7-12H2,1-6H3. The third kappa shape index (κ3) is 7.22. The molecule has 0 saturated carbocycles. The predicted octanol–water partition coefficient (Wildman–Crippen LogP) is 2.14. The van der Waals surface area contributed by atoms with Crippen LogP contribution >= 0.6 is 0 Å². The van der Waals surface area contributed by atoms with Crippen molar-refractivity contribution < 1.29 is 19.0 Å². The third-order valence-electron chi connectivity index (χ3n) is 3.28. The van der Waals surface area contributed by atoms with E-state index < -0.39 is 5.54 Å². The van der Waals surface area contributed by atoms with Gasteiger partial charge in [0.25, 0.3) is 0 Å². The summed E-state index contributed by atoms with van der Waals surface area (Å²) in [6.45, 7) is 11.7. The van der Waals surface area contributed by atoms with Gasteiger partial charge in [0.2, 0.25) is 0 Å². The Hall–Kier alpha value is -0.650. The number of ether oxygens (including phenoxy) is 3. The fourth-order valence-electron chi connectivity index (χ4n) is 1.57. The Morgan fingerprint density at radius 3 is 2.35 bits per heavy atom. The van der Waals surface area contributed by atoms with Gasteiger partial charge >= 0.3 is 5.97 Å². The van der Waals surface area contributed by atoms with Crippen molar-refractivity contribution in [1.29, 1.82) is 0 Å². The van der Waals surface area contributed by atoms with Crippen LogP contribution in [0.1, 0.15) is 47.5 Å². The molecule has 0 bridgehead atoms. The zero-order valence-electron chi connectivity index (χ0n) is 13.9. The summed E-state index contributed by atoms with van der Waals surface area (Å²) in [6, 6.07) is 0. The first-order valence-electron chi connectivity index (χ1n) is 7.36. The summed E-state index contributed by atoms with van der Waals surface area (Å²) in [4.78, 5) is 12.0. The Morgan fingerprint density at radius 2 is 1.85 bits per heavy atom. The minimum Gasteiger partial charge on any atom is -0.465 e. The van der Waals surface area contributed by atoms with E-state index in [1.54, 1.807) is 14.0 Å². The molecule has 5 nitrogen and oxygen atoms in total. The lowest BCUT2D eigenvalue weighted by Gasteiger charge is -2.29. The summed E-state index contributed by atoms with van der Waals surface area (Å²) in [7, 11) is 1.69. The van der Waals surface area contributed by atoms with Gasteiger partial charge in [0, 0.05) is 13.7 Å². The average Bonchev–Trinajstić information content (AvgIpc) is 2.41. The quantitative estimate of drug-likeness (QED) is 0.466. The molecule has 1 unspecified atom stereocenters. The van der Waals surface area contributed by atoms with Crippen molar-refractivity contribution >= 4 is 5.97 Å². The van der Waals surface area contributed by atoms with Crippen LogP contribution in [0.15, 0.2) is 0 Å². The van der Waals surface area contributed by atoms with Gasteiger partial charge in [0.15, 0.2) is 0 Å². The Kier molecular flexibility index (Phi) is 9.01. The molecule has 5 heteroatoms. The number of carbonyl (C=O) groups excluding carboxylic acids is 1. The molecule has 0 aliphatic heterocycles. The molecule has 0 saturated heterocycles. The smallest absolute Gasteiger partial charge is 0.328 e. The molecule has 0 spiro atoms. The fourth-order valence-corrected chi connectivity index (χ4v) is 1.57. The van der Waals surface area contributed by atoms with Gasteiger partial charge in [-0.3, -0.25) is 0 Å². The van der Waals surface area contributed by atoms with Crippen LogP contribution in [0.5, 0.6) is 0 Å². The number of hydrogen-bond donors (Lipinski definition) is 1. The van der Waals surface area contributed by atoms with E-state index in [4.69, 9.17) is 14.2 Å². The topological polar surface area (TPSA) is 56.8 Å². The van der Waals surface area contributed by atoms with E-state index in [9.17, 15) is 4.79 Å². The number of methoxy groups -OCH3 is 1. The Balaban J connectivity index is 4.33. The van der Waals surface area contributed by atoms with E-state index in [-0.39, 0.29) is 11.6 Å². The lowest BCUT2D eigenvalue weighted by atomic mass is 10.0. The van der Waals surface area contributed by atoms with Gasteiger partial charge in [0.05, 0.1) is 18.8 Å². The first kappa shape index (κ1) is 19.4. The first-order chi connectivity index (χ1) is 9.31. The number of esters is 1. The Morgan fingerprint density at radius 1 is 1.20 bits per heavy atom. The monoisotopic (exact) mass is 289 g/mol. The zero-order valence-corrected chi connectivity index (χ0v) is 13.9. The highest BCUT2D eigenvalue weighted by molar-refractivity contribution is 5.80. The van der Waals surface area contributed by atoms with E-state index in [1.807, 2.05) is 20.8 Å². The number of rotatable bonds is 11. The SMILES string of the molecule is CCCNC(C)(COCCC(C)(C)OC)C(=O)OCC. The normalized spacial score (nSPS) is 14.9. The third-order valence-corrected chi connectivity index (χ3v) is 3.28. The summed E-state index contributed by atoms with van der Waals surface area (Å²) >= 11 is 0. The van der Waals surface area contributed by atoms with E-state index in [2.05, 4.69) is 12.2 Å². The first-order valence-corrected chi connectivity index (χ1v) is 7.36. The molecule has 0 heterocycles. The lowest BCUT2D eigenvalue weighted by molar-refractivity contribution is -0.153. The van der Waals surface area contributed by atoms with Gasteiger partial charge < -0.3 is 19.5 Å². The minimum absolute atomic E-state index is 0.211. The summed E-state index contributed by atoms with van der Waals surface area (Å²) in [5, 5.41) is 3.21. The van der Waals surface area contributed by atoms with Crippen LogP contribution in [-0.2, 0) is 19.0 Å². The molecule has 1 atom stereocenters. The van der Waals surface area contributed by atoms with E-state index >= 15 is 0 Å². The maximum absolute atomic E-state index is 12.0. The van der Waals surface area contributed by atoms with Crippen LogP contribution in [0, 0.1) is 0 Å². The van der Waals surface area contributed by atoms with Gasteiger partial charge in [-0.25, -0.2) is 4.79 Å². The number of carbonyl (C=O) groups is 1. The molecule has 0 aromatic rings. The largest absolute Gasteiger partial charge is 0.465 e. The molecular formula is C15H31NO4. The molecule has 0 aromatic heterocycles. The highest BCUT2D eigenvalue weighted by Gasteiger charge is 2.34. The van der Waals surface area contributed by atoms with E-state index in [1.165, 1.54) is 0 Å². The second-order valence-electron chi connectivity index (χ2n) is 5.75. The Labute approximate surface area is 123 Å². The highest BCUT2D eigenvalue weighted by Crippen LogP contribution is 2.14. The van der Waals surface area contributed by atoms with Crippen LogP contribution in [0.2, 0.25) is 0 Å². The van der Waals surface area contributed by atoms with Gasteiger partial charge in [-0.2, -0.15) is 0 Å². The molecule has 0 aromatic carbocycles. The fraction of sp³-hybridized carbons (Fsp3) is 0.933. The molecular weight excluding hydrogens is 258 g/mol. The molecule has 0 radical (unpaired) electrons.